The predicted molar refractivity (Wildman–Crippen MR) is 122 cm³/mol. The van der Waals surface area contributed by atoms with Crippen LogP contribution in [0.5, 0.6) is 0 Å². The molecule has 0 radical (unpaired) electrons. The monoisotopic (exact) mass is 496 g/mol. The van der Waals surface area contributed by atoms with E-state index in [1.54, 1.807) is 6.20 Å². The fourth-order valence-electron chi connectivity index (χ4n) is 5.03. The number of rotatable bonds is 6. The van der Waals surface area contributed by atoms with Crippen LogP contribution in [0, 0.1) is 5.92 Å². The first-order chi connectivity index (χ1) is 15.6. The standard InChI is InChI=1S/C20H28N6O5S2/c1-24(17(27)3-2-15-5-11-32(28,29)12-15)33(30,31)26-10-9-25(13-20(26)6-7-20)19-16-4-8-21-18(16)22-14-23-19/h4,8,14-15H,2-3,5-7,9-13H2,1H3,(H,21,22,23). The number of anilines is 1. The van der Waals surface area contributed by atoms with Crippen LogP contribution in [0.2, 0.25) is 0 Å². The topological polar surface area (TPSA) is 137 Å². The fourth-order valence-corrected chi connectivity index (χ4v) is 8.62. The molecule has 1 amide bonds. The van der Waals surface area contributed by atoms with Gasteiger partial charge in [0.25, 0.3) is 0 Å². The maximum atomic E-state index is 13.4. The van der Waals surface area contributed by atoms with Crippen molar-refractivity contribution in [2.75, 3.05) is 43.1 Å². The van der Waals surface area contributed by atoms with E-state index in [-0.39, 0.29) is 30.4 Å². The molecule has 1 unspecified atom stereocenters. The van der Waals surface area contributed by atoms with Gasteiger partial charge in [-0.1, -0.05) is 0 Å². The SMILES string of the molecule is CN(C(=O)CCC1CCS(=O)(=O)C1)S(=O)(=O)N1CCN(c2ncnc3[nH]ccc23)CC12CC2. The van der Waals surface area contributed by atoms with Crippen molar-refractivity contribution in [3.8, 4) is 0 Å². The molecule has 3 aliphatic rings. The van der Waals surface area contributed by atoms with Gasteiger partial charge in [-0.05, 0) is 37.7 Å². The summed E-state index contributed by atoms with van der Waals surface area (Å²) >= 11 is 0. The number of piperazine rings is 1. The Hall–Kier alpha value is -2.25. The average molecular weight is 497 g/mol. The lowest BCUT2D eigenvalue weighted by atomic mass is 10.0. The van der Waals surface area contributed by atoms with Crippen molar-refractivity contribution in [2.45, 2.75) is 37.6 Å². The molecule has 2 saturated heterocycles. The highest BCUT2D eigenvalue weighted by molar-refractivity contribution is 7.91. The molecule has 2 aromatic rings. The molecule has 1 saturated carbocycles. The van der Waals surface area contributed by atoms with Gasteiger partial charge in [0, 0.05) is 39.3 Å². The second kappa shape index (κ2) is 7.91. The Morgan fingerprint density at radius 1 is 1.30 bits per heavy atom. The highest BCUT2D eigenvalue weighted by Crippen LogP contribution is 2.47. The summed E-state index contributed by atoms with van der Waals surface area (Å²) in [5, 5.41) is 0.894. The van der Waals surface area contributed by atoms with Gasteiger partial charge >= 0.3 is 10.2 Å². The first kappa shape index (κ1) is 22.5. The van der Waals surface area contributed by atoms with E-state index in [9.17, 15) is 21.6 Å². The predicted octanol–water partition coefficient (Wildman–Crippen LogP) is 0.531. The van der Waals surface area contributed by atoms with E-state index in [0.29, 0.717) is 25.9 Å². The van der Waals surface area contributed by atoms with E-state index in [0.717, 1.165) is 34.0 Å². The Labute approximate surface area is 193 Å². The average Bonchev–Trinajstić information content (AvgIpc) is 3.20. The minimum atomic E-state index is -3.98. The molecule has 1 atom stereocenters. The number of fused-ring (bicyclic) bond motifs is 1. The van der Waals surface area contributed by atoms with Crippen molar-refractivity contribution in [3.63, 3.8) is 0 Å². The van der Waals surface area contributed by atoms with Crippen LogP contribution in [-0.4, -0.2) is 90.0 Å². The fraction of sp³-hybridized carbons (Fsp3) is 0.650. The number of hydrogen-bond donors (Lipinski definition) is 1. The van der Waals surface area contributed by atoms with Crippen LogP contribution in [0.4, 0.5) is 5.82 Å². The molecule has 1 N–H and O–H groups in total. The number of sulfone groups is 1. The van der Waals surface area contributed by atoms with E-state index in [1.807, 2.05) is 6.07 Å². The molecular weight excluding hydrogens is 468 g/mol. The van der Waals surface area contributed by atoms with Crippen LogP contribution >= 0.6 is 0 Å². The lowest BCUT2D eigenvalue weighted by Gasteiger charge is -2.42. The van der Waals surface area contributed by atoms with E-state index < -0.39 is 31.5 Å². The number of aromatic nitrogens is 3. The van der Waals surface area contributed by atoms with Crippen molar-refractivity contribution >= 4 is 42.8 Å². The number of hydrogen-bond acceptors (Lipinski definition) is 8. The van der Waals surface area contributed by atoms with Crippen molar-refractivity contribution < 1.29 is 21.6 Å². The van der Waals surface area contributed by atoms with E-state index in [4.69, 9.17) is 0 Å². The highest BCUT2D eigenvalue weighted by Gasteiger charge is 2.57. The zero-order chi connectivity index (χ0) is 23.4. The van der Waals surface area contributed by atoms with Gasteiger partial charge in [0.15, 0.2) is 9.84 Å². The third-order valence-corrected chi connectivity index (χ3v) is 11.0. The van der Waals surface area contributed by atoms with E-state index >= 15 is 0 Å². The second-order valence-corrected chi connectivity index (χ2v) is 13.4. The Kier molecular flexibility index (Phi) is 5.40. The summed E-state index contributed by atoms with van der Waals surface area (Å²) in [7, 11) is -5.70. The maximum Gasteiger partial charge on any atom is 0.306 e. The minimum absolute atomic E-state index is 0.0231. The third-order valence-electron chi connectivity index (χ3n) is 7.12. The second-order valence-electron chi connectivity index (χ2n) is 9.33. The van der Waals surface area contributed by atoms with Crippen molar-refractivity contribution in [2.24, 2.45) is 5.92 Å². The van der Waals surface area contributed by atoms with Crippen LogP contribution < -0.4 is 4.90 Å². The highest BCUT2D eigenvalue weighted by atomic mass is 32.2. The zero-order valence-electron chi connectivity index (χ0n) is 18.5. The smallest absolute Gasteiger partial charge is 0.306 e. The Morgan fingerprint density at radius 3 is 2.79 bits per heavy atom. The molecule has 1 spiro atoms. The molecule has 3 fully saturated rings. The number of carbonyl (C=O) groups is 1. The van der Waals surface area contributed by atoms with Gasteiger partial charge in [-0.2, -0.15) is 12.7 Å². The Morgan fingerprint density at radius 2 is 2.09 bits per heavy atom. The lowest BCUT2D eigenvalue weighted by Crippen LogP contribution is -2.60. The minimum Gasteiger partial charge on any atom is -0.353 e. The van der Waals surface area contributed by atoms with Crippen molar-refractivity contribution in [3.05, 3.63) is 18.6 Å². The van der Waals surface area contributed by atoms with E-state index in [2.05, 4.69) is 19.9 Å². The van der Waals surface area contributed by atoms with Crippen LogP contribution in [0.25, 0.3) is 11.0 Å². The van der Waals surface area contributed by atoms with E-state index in [1.165, 1.54) is 17.7 Å². The molecule has 11 nitrogen and oxygen atoms in total. The molecule has 13 heteroatoms. The molecule has 33 heavy (non-hydrogen) atoms. The summed E-state index contributed by atoms with van der Waals surface area (Å²) in [6, 6.07) is 1.91. The van der Waals surface area contributed by atoms with Gasteiger partial charge in [0.2, 0.25) is 5.91 Å². The largest absolute Gasteiger partial charge is 0.353 e. The first-order valence-corrected chi connectivity index (χ1v) is 14.4. The molecular formula is C20H28N6O5S2. The molecule has 2 aromatic heterocycles. The van der Waals surface area contributed by atoms with Gasteiger partial charge in [-0.25, -0.2) is 22.7 Å². The Balaban J connectivity index is 1.27. The molecule has 0 bridgehead atoms. The number of nitrogens with zero attached hydrogens (tertiary/aromatic N) is 5. The van der Waals surface area contributed by atoms with Gasteiger partial charge < -0.3 is 9.88 Å². The van der Waals surface area contributed by atoms with Gasteiger partial charge in [0.1, 0.15) is 17.8 Å². The third kappa shape index (κ3) is 4.10. The molecule has 4 heterocycles. The summed E-state index contributed by atoms with van der Waals surface area (Å²) in [5.74, 6) is 0.433. The quantitative estimate of drug-likeness (QED) is 0.612. The van der Waals surface area contributed by atoms with Crippen LogP contribution in [0.1, 0.15) is 32.1 Å². The summed E-state index contributed by atoms with van der Waals surface area (Å²) in [6.45, 7) is 1.22. The molecule has 1 aliphatic carbocycles. The summed E-state index contributed by atoms with van der Waals surface area (Å²) < 4.78 is 52.4. The molecule has 5 rings (SSSR count). The van der Waals surface area contributed by atoms with Crippen LogP contribution in [0.15, 0.2) is 18.6 Å². The maximum absolute atomic E-state index is 13.4. The number of H-pyrrole nitrogens is 1. The number of aromatic amines is 1. The van der Waals surface area contributed by atoms with Crippen LogP contribution in [0.3, 0.4) is 0 Å². The molecule has 2 aliphatic heterocycles. The van der Waals surface area contributed by atoms with Crippen molar-refractivity contribution in [1.29, 1.82) is 0 Å². The molecule has 0 aromatic carbocycles. The Bertz CT molecular complexity index is 1290. The summed E-state index contributed by atoms with van der Waals surface area (Å²) in [6.07, 6.45) is 5.70. The normalized spacial score (nSPS) is 24.4. The van der Waals surface area contributed by atoms with Gasteiger partial charge in [-0.3, -0.25) is 4.79 Å². The van der Waals surface area contributed by atoms with Crippen molar-refractivity contribution in [1.82, 2.24) is 23.6 Å². The number of nitrogens with one attached hydrogen (secondary N) is 1. The van der Waals surface area contributed by atoms with Gasteiger partial charge in [0.05, 0.1) is 22.4 Å². The first-order valence-electron chi connectivity index (χ1n) is 11.1. The summed E-state index contributed by atoms with van der Waals surface area (Å²) in [5.41, 5.74) is 0.193. The zero-order valence-corrected chi connectivity index (χ0v) is 20.1. The van der Waals surface area contributed by atoms with Crippen LogP contribution in [-0.2, 0) is 24.8 Å². The number of amides is 1. The molecule has 180 valence electrons. The number of carbonyl (C=O) groups excluding carboxylic acids is 1. The van der Waals surface area contributed by atoms with Gasteiger partial charge in [-0.15, -0.1) is 0 Å². The summed E-state index contributed by atoms with van der Waals surface area (Å²) in [4.78, 5) is 26.6. The lowest BCUT2D eigenvalue weighted by molar-refractivity contribution is -0.126.